The summed E-state index contributed by atoms with van der Waals surface area (Å²) in [5, 5.41) is 2.66. The van der Waals surface area contributed by atoms with E-state index in [-0.39, 0.29) is 23.0 Å². The monoisotopic (exact) mass is 444 g/mol. The number of rotatable bonds is 3. The Labute approximate surface area is 178 Å². The number of carbonyl (C=O) groups is 1. The molecule has 1 amide bonds. The molecule has 1 aliphatic heterocycles. The van der Waals surface area contributed by atoms with E-state index in [2.05, 4.69) is 20.3 Å². The van der Waals surface area contributed by atoms with Crippen LogP contribution in [0.2, 0.25) is 0 Å². The number of hydrogen-bond donors (Lipinski definition) is 3. The van der Waals surface area contributed by atoms with Crippen molar-refractivity contribution in [3.05, 3.63) is 59.2 Å². The summed E-state index contributed by atoms with van der Waals surface area (Å²) in [5.41, 5.74) is 6.96. The third kappa shape index (κ3) is 3.72. The third-order valence-corrected chi connectivity index (χ3v) is 7.17. The number of fused-ring (bicyclic) bond motifs is 1. The molecule has 2 aromatic carbocycles. The van der Waals surface area contributed by atoms with E-state index >= 15 is 0 Å². The minimum absolute atomic E-state index is 0.00477. The first-order chi connectivity index (χ1) is 14.5. The van der Waals surface area contributed by atoms with Crippen LogP contribution in [0, 0.1) is 12.7 Å². The average Bonchev–Trinajstić information content (AvgIpc) is 3.10. The molecule has 4 rings (SSSR count). The second kappa shape index (κ2) is 7.05. The maximum atomic E-state index is 14.7. The molecular formula is C20H21FN6O3S. The van der Waals surface area contributed by atoms with Gasteiger partial charge in [-0.15, -0.1) is 0 Å². The van der Waals surface area contributed by atoms with Crippen LogP contribution in [0.4, 0.5) is 10.1 Å². The van der Waals surface area contributed by atoms with Crippen LogP contribution in [0.25, 0.3) is 11.0 Å². The molecule has 9 nitrogen and oxygen atoms in total. The Bertz CT molecular complexity index is 1350. The number of anilines is 1. The number of nitrogens with two attached hydrogens (primary N) is 1. The Hall–Kier alpha value is -3.47. The van der Waals surface area contributed by atoms with Gasteiger partial charge in [0, 0.05) is 18.3 Å². The molecule has 31 heavy (non-hydrogen) atoms. The number of aliphatic imine (C=N–C) groups is 1. The van der Waals surface area contributed by atoms with E-state index in [1.165, 1.54) is 26.1 Å². The summed E-state index contributed by atoms with van der Waals surface area (Å²) in [6.07, 6.45) is 0. The van der Waals surface area contributed by atoms with Crippen LogP contribution < -0.4 is 11.1 Å². The van der Waals surface area contributed by atoms with Gasteiger partial charge in [0.1, 0.15) is 11.4 Å². The van der Waals surface area contributed by atoms with Crippen molar-refractivity contribution in [2.24, 2.45) is 10.7 Å². The molecule has 3 aromatic rings. The summed E-state index contributed by atoms with van der Waals surface area (Å²) in [6, 6.07) is 9.45. The fourth-order valence-corrected chi connectivity index (χ4v) is 4.97. The van der Waals surface area contributed by atoms with E-state index in [9.17, 15) is 17.6 Å². The van der Waals surface area contributed by atoms with E-state index < -0.39 is 33.0 Å². The molecule has 0 spiro atoms. The first-order valence-corrected chi connectivity index (χ1v) is 11.0. The van der Waals surface area contributed by atoms with E-state index in [4.69, 9.17) is 5.73 Å². The Morgan fingerprint density at radius 2 is 2.03 bits per heavy atom. The number of H-pyrrole nitrogens is 1. The van der Waals surface area contributed by atoms with Crippen LogP contribution in [0.5, 0.6) is 0 Å². The first-order valence-electron chi connectivity index (χ1n) is 9.38. The molecule has 4 N–H and O–H groups in total. The highest BCUT2D eigenvalue weighted by Gasteiger charge is 2.41. The van der Waals surface area contributed by atoms with Gasteiger partial charge < -0.3 is 16.0 Å². The number of amides is 1. The van der Waals surface area contributed by atoms with Gasteiger partial charge in [-0.25, -0.2) is 27.1 Å². The summed E-state index contributed by atoms with van der Waals surface area (Å²) in [6.45, 7) is 3.41. The zero-order chi connectivity index (χ0) is 22.6. The number of hydrogen-bond acceptors (Lipinski definition) is 6. The van der Waals surface area contributed by atoms with E-state index in [1.807, 2.05) is 19.1 Å². The topological polar surface area (TPSA) is 134 Å². The van der Waals surface area contributed by atoms with Crippen LogP contribution in [0.1, 0.15) is 28.7 Å². The SMILES string of the molecule is Cc1ccc2nc(C(=O)Nc3ccc(F)c([C@]4(C)CS(=O)(=O)N(C)C(N)=N4)c3)[nH]c2c1. The normalized spacial score (nSPS) is 20.5. The molecule has 0 bridgehead atoms. The molecule has 0 aliphatic carbocycles. The van der Waals surface area contributed by atoms with Gasteiger partial charge in [-0.2, -0.15) is 0 Å². The predicted octanol–water partition coefficient (Wildman–Crippen LogP) is 2.07. The molecule has 1 atom stereocenters. The zero-order valence-corrected chi connectivity index (χ0v) is 17.9. The van der Waals surface area contributed by atoms with Gasteiger partial charge in [-0.1, -0.05) is 6.07 Å². The molecule has 0 saturated carbocycles. The van der Waals surface area contributed by atoms with Gasteiger partial charge in [-0.3, -0.25) is 4.79 Å². The van der Waals surface area contributed by atoms with Crippen LogP contribution in [-0.4, -0.2) is 47.4 Å². The second-order valence-corrected chi connectivity index (χ2v) is 9.72. The molecule has 1 aromatic heterocycles. The van der Waals surface area contributed by atoms with Crippen LogP contribution >= 0.6 is 0 Å². The Morgan fingerprint density at radius 3 is 2.74 bits per heavy atom. The molecule has 11 heteroatoms. The van der Waals surface area contributed by atoms with Crippen molar-refractivity contribution in [3.8, 4) is 0 Å². The maximum Gasteiger partial charge on any atom is 0.291 e. The summed E-state index contributed by atoms with van der Waals surface area (Å²) >= 11 is 0. The lowest BCUT2D eigenvalue weighted by atomic mass is 9.93. The lowest BCUT2D eigenvalue weighted by Crippen LogP contribution is -2.50. The molecule has 0 radical (unpaired) electrons. The number of aryl methyl sites for hydroxylation is 1. The van der Waals surface area contributed by atoms with E-state index in [0.717, 1.165) is 21.5 Å². The minimum atomic E-state index is -3.77. The first kappa shape index (κ1) is 20.8. The number of halogens is 1. The van der Waals surface area contributed by atoms with Gasteiger partial charge in [0.25, 0.3) is 5.91 Å². The smallest absolute Gasteiger partial charge is 0.291 e. The standard InChI is InChI=1S/C20H21FN6O3S/c1-11-4-7-15-16(8-11)25-17(24-15)18(28)23-12-5-6-14(21)13(9-12)20(2)10-31(29,30)27(3)19(22)26-20/h4-9H,10H2,1-3H3,(H2,22,26)(H,23,28)(H,24,25)/t20-/m0/s1. The van der Waals surface area contributed by atoms with Crippen molar-refractivity contribution < 1.29 is 17.6 Å². The number of imidazole rings is 1. The lowest BCUT2D eigenvalue weighted by Gasteiger charge is -2.34. The lowest BCUT2D eigenvalue weighted by molar-refractivity contribution is 0.101. The third-order valence-electron chi connectivity index (χ3n) is 5.22. The zero-order valence-electron chi connectivity index (χ0n) is 17.1. The number of guanidine groups is 1. The Morgan fingerprint density at radius 1 is 1.29 bits per heavy atom. The molecule has 0 unspecified atom stereocenters. The number of aromatic amines is 1. The van der Waals surface area contributed by atoms with E-state index in [0.29, 0.717) is 5.52 Å². The number of aromatic nitrogens is 2. The van der Waals surface area contributed by atoms with Crippen molar-refractivity contribution in [2.75, 3.05) is 18.1 Å². The number of nitrogens with one attached hydrogen (secondary N) is 2. The van der Waals surface area contributed by atoms with Gasteiger partial charge in [0.05, 0.1) is 16.8 Å². The largest absolute Gasteiger partial charge is 0.369 e. The quantitative estimate of drug-likeness (QED) is 0.569. The highest BCUT2D eigenvalue weighted by atomic mass is 32.2. The number of carbonyl (C=O) groups excluding carboxylic acids is 1. The Balaban J connectivity index is 1.67. The average molecular weight is 444 g/mol. The fraction of sp³-hybridized carbons (Fsp3) is 0.250. The van der Waals surface area contributed by atoms with Crippen molar-refractivity contribution in [1.29, 1.82) is 0 Å². The molecular weight excluding hydrogens is 423 g/mol. The van der Waals surface area contributed by atoms with Crippen LogP contribution in [0.3, 0.4) is 0 Å². The van der Waals surface area contributed by atoms with Crippen molar-refractivity contribution in [3.63, 3.8) is 0 Å². The minimum Gasteiger partial charge on any atom is -0.369 e. The van der Waals surface area contributed by atoms with Crippen molar-refractivity contribution in [1.82, 2.24) is 14.3 Å². The second-order valence-electron chi connectivity index (χ2n) is 7.72. The summed E-state index contributed by atoms with van der Waals surface area (Å²) in [7, 11) is -2.48. The maximum absolute atomic E-state index is 14.7. The summed E-state index contributed by atoms with van der Waals surface area (Å²) < 4.78 is 40.3. The number of benzene rings is 2. The van der Waals surface area contributed by atoms with Crippen LogP contribution in [-0.2, 0) is 15.6 Å². The summed E-state index contributed by atoms with van der Waals surface area (Å²) in [5.74, 6) is -1.78. The molecule has 162 valence electrons. The van der Waals surface area contributed by atoms with Gasteiger partial charge in [0.15, 0.2) is 5.82 Å². The highest BCUT2D eigenvalue weighted by Crippen LogP contribution is 2.34. The van der Waals surface area contributed by atoms with Gasteiger partial charge in [-0.05, 0) is 49.7 Å². The number of nitrogens with zero attached hydrogens (tertiary/aromatic N) is 3. The van der Waals surface area contributed by atoms with Gasteiger partial charge >= 0.3 is 0 Å². The fourth-order valence-electron chi connectivity index (χ4n) is 3.53. The molecule has 0 fully saturated rings. The van der Waals surface area contributed by atoms with Crippen LogP contribution in [0.15, 0.2) is 41.4 Å². The number of sulfonamides is 1. The predicted molar refractivity (Wildman–Crippen MR) is 116 cm³/mol. The highest BCUT2D eigenvalue weighted by molar-refractivity contribution is 7.89. The van der Waals surface area contributed by atoms with Crippen molar-refractivity contribution >= 4 is 38.6 Å². The molecule has 1 aliphatic rings. The Kier molecular flexibility index (Phi) is 4.73. The molecule has 2 heterocycles. The summed E-state index contributed by atoms with van der Waals surface area (Å²) in [4.78, 5) is 24.1. The van der Waals surface area contributed by atoms with Gasteiger partial charge in [0.2, 0.25) is 16.0 Å². The van der Waals surface area contributed by atoms with E-state index in [1.54, 1.807) is 6.07 Å². The van der Waals surface area contributed by atoms with Crippen molar-refractivity contribution in [2.45, 2.75) is 19.4 Å². The molecule has 0 saturated heterocycles.